The number of aliphatic hydroxyl groups excluding tert-OH is 1. The Morgan fingerprint density at radius 2 is 2.15 bits per heavy atom. The van der Waals surface area contributed by atoms with E-state index in [4.69, 9.17) is 5.11 Å². The third kappa shape index (κ3) is 4.15. The molecular weight excluding hydrogens is 252 g/mol. The second kappa shape index (κ2) is 7.55. The number of aliphatic hydroxyl groups is 1. The van der Waals surface area contributed by atoms with Crippen LogP contribution in [0, 0.1) is 5.92 Å². The summed E-state index contributed by atoms with van der Waals surface area (Å²) < 4.78 is 0. The lowest BCUT2D eigenvalue weighted by atomic mass is 9.97. The van der Waals surface area contributed by atoms with E-state index in [1.807, 2.05) is 12.4 Å². The molecule has 1 aliphatic heterocycles. The third-order valence-electron chi connectivity index (χ3n) is 3.99. The minimum atomic E-state index is 0.254. The van der Waals surface area contributed by atoms with Crippen molar-refractivity contribution in [2.45, 2.75) is 26.2 Å². The number of hydrogen-bond donors (Lipinski definition) is 1. The largest absolute Gasteiger partial charge is 0.395 e. The number of aromatic nitrogens is 2. The van der Waals surface area contributed by atoms with Crippen LogP contribution < -0.4 is 4.90 Å². The highest BCUT2D eigenvalue weighted by molar-refractivity contribution is 5.28. The zero-order valence-corrected chi connectivity index (χ0v) is 12.6. The van der Waals surface area contributed by atoms with Crippen molar-refractivity contribution < 1.29 is 5.11 Å². The lowest BCUT2D eigenvalue weighted by Gasteiger charge is -2.34. The molecule has 0 radical (unpaired) electrons. The Bertz CT molecular complexity index is 393. The molecule has 1 aromatic heterocycles. The molecule has 0 bridgehead atoms. The molecule has 20 heavy (non-hydrogen) atoms. The van der Waals surface area contributed by atoms with Crippen LogP contribution in [0.25, 0.3) is 0 Å². The highest BCUT2D eigenvalue weighted by Crippen LogP contribution is 2.18. The SMILES string of the molecule is CCc1cnc(N(C)C[C@H]2CCCN(CCO)C2)nc1. The molecule has 0 aromatic carbocycles. The minimum absolute atomic E-state index is 0.254. The summed E-state index contributed by atoms with van der Waals surface area (Å²) >= 11 is 0. The quantitative estimate of drug-likeness (QED) is 0.847. The van der Waals surface area contributed by atoms with Crippen LogP contribution in [0.5, 0.6) is 0 Å². The maximum atomic E-state index is 9.04. The average molecular weight is 278 g/mol. The number of hydrogen-bond acceptors (Lipinski definition) is 5. The van der Waals surface area contributed by atoms with Crippen molar-refractivity contribution in [2.24, 2.45) is 5.92 Å². The number of rotatable bonds is 6. The van der Waals surface area contributed by atoms with Crippen molar-refractivity contribution in [3.63, 3.8) is 0 Å². The smallest absolute Gasteiger partial charge is 0.225 e. The molecule has 5 heteroatoms. The van der Waals surface area contributed by atoms with Gasteiger partial charge in [-0.15, -0.1) is 0 Å². The standard InChI is InChI=1S/C15H26N4O/c1-3-13-9-16-15(17-10-13)18(2)11-14-5-4-6-19(12-14)7-8-20/h9-10,14,20H,3-8,11-12H2,1-2H3/t14-/m1/s1. The molecule has 1 aromatic rings. The van der Waals surface area contributed by atoms with Gasteiger partial charge in [0.05, 0.1) is 6.61 Å². The van der Waals surface area contributed by atoms with E-state index >= 15 is 0 Å². The number of β-amino-alcohol motifs (C(OH)–C–C–N with tert-alkyl or cyclic N) is 1. The van der Waals surface area contributed by atoms with Gasteiger partial charge in [0.2, 0.25) is 5.95 Å². The highest BCUT2D eigenvalue weighted by Gasteiger charge is 2.21. The van der Waals surface area contributed by atoms with Crippen molar-refractivity contribution in [2.75, 3.05) is 44.7 Å². The summed E-state index contributed by atoms with van der Waals surface area (Å²) in [6.07, 6.45) is 7.27. The van der Waals surface area contributed by atoms with Gasteiger partial charge in [0.1, 0.15) is 0 Å². The molecule has 0 amide bonds. The van der Waals surface area contributed by atoms with Crippen molar-refractivity contribution in [3.05, 3.63) is 18.0 Å². The first-order chi connectivity index (χ1) is 9.72. The van der Waals surface area contributed by atoms with Crippen molar-refractivity contribution >= 4 is 5.95 Å². The minimum Gasteiger partial charge on any atom is -0.395 e. The first-order valence-electron chi connectivity index (χ1n) is 7.58. The maximum Gasteiger partial charge on any atom is 0.225 e. The maximum absolute atomic E-state index is 9.04. The Labute approximate surface area is 121 Å². The fourth-order valence-electron chi connectivity index (χ4n) is 2.84. The van der Waals surface area contributed by atoms with Crippen molar-refractivity contribution in [3.8, 4) is 0 Å². The van der Waals surface area contributed by atoms with Crippen LogP contribution in [-0.2, 0) is 6.42 Å². The molecule has 1 N–H and O–H groups in total. The lowest BCUT2D eigenvalue weighted by Crippen LogP contribution is -2.41. The lowest BCUT2D eigenvalue weighted by molar-refractivity contribution is 0.142. The molecule has 5 nitrogen and oxygen atoms in total. The van der Waals surface area contributed by atoms with Gasteiger partial charge in [-0.1, -0.05) is 6.92 Å². The first-order valence-corrected chi connectivity index (χ1v) is 7.58. The Morgan fingerprint density at radius 1 is 1.40 bits per heavy atom. The van der Waals surface area contributed by atoms with Crippen LogP contribution in [0.15, 0.2) is 12.4 Å². The molecule has 1 fully saturated rings. The predicted molar refractivity (Wildman–Crippen MR) is 80.9 cm³/mol. The van der Waals surface area contributed by atoms with E-state index in [0.717, 1.165) is 38.5 Å². The van der Waals surface area contributed by atoms with E-state index < -0.39 is 0 Å². The summed E-state index contributed by atoms with van der Waals surface area (Å²) in [4.78, 5) is 13.4. The Morgan fingerprint density at radius 3 is 2.80 bits per heavy atom. The molecule has 112 valence electrons. The molecule has 0 spiro atoms. The monoisotopic (exact) mass is 278 g/mol. The summed E-state index contributed by atoms with van der Waals surface area (Å²) in [6, 6.07) is 0. The summed E-state index contributed by atoms with van der Waals surface area (Å²) in [5.41, 5.74) is 1.17. The fourth-order valence-corrected chi connectivity index (χ4v) is 2.84. The molecule has 2 heterocycles. The van der Waals surface area contributed by atoms with Crippen LogP contribution >= 0.6 is 0 Å². The number of piperidine rings is 1. The van der Waals surface area contributed by atoms with E-state index in [1.54, 1.807) is 0 Å². The average Bonchev–Trinajstić information content (AvgIpc) is 2.48. The van der Waals surface area contributed by atoms with Crippen molar-refractivity contribution in [1.82, 2.24) is 14.9 Å². The zero-order chi connectivity index (χ0) is 14.4. The van der Waals surface area contributed by atoms with Crippen LogP contribution in [0.3, 0.4) is 0 Å². The fraction of sp³-hybridized carbons (Fsp3) is 0.733. The Hall–Kier alpha value is -1.20. The van der Waals surface area contributed by atoms with Gasteiger partial charge in [-0.25, -0.2) is 9.97 Å². The molecule has 2 rings (SSSR count). The van der Waals surface area contributed by atoms with E-state index in [-0.39, 0.29) is 6.61 Å². The van der Waals surface area contributed by atoms with E-state index in [1.165, 1.54) is 18.4 Å². The summed E-state index contributed by atoms with van der Waals surface area (Å²) in [5.74, 6) is 1.44. The van der Waals surface area contributed by atoms with Crippen LogP contribution in [0.2, 0.25) is 0 Å². The zero-order valence-electron chi connectivity index (χ0n) is 12.6. The Kier molecular flexibility index (Phi) is 5.73. The highest BCUT2D eigenvalue weighted by atomic mass is 16.3. The summed E-state index contributed by atoms with van der Waals surface area (Å²) in [5, 5.41) is 9.04. The topological polar surface area (TPSA) is 52.5 Å². The van der Waals surface area contributed by atoms with Gasteiger partial charge in [-0.2, -0.15) is 0 Å². The first kappa shape index (κ1) is 15.2. The second-order valence-corrected chi connectivity index (χ2v) is 5.66. The van der Waals surface area contributed by atoms with Crippen LogP contribution in [0.4, 0.5) is 5.95 Å². The number of anilines is 1. The molecule has 0 unspecified atom stereocenters. The van der Waals surface area contributed by atoms with Gasteiger partial charge in [0.15, 0.2) is 0 Å². The normalized spacial score (nSPS) is 20.1. The van der Waals surface area contributed by atoms with Gasteiger partial charge in [0, 0.05) is 39.1 Å². The molecule has 0 aliphatic carbocycles. The molecule has 1 saturated heterocycles. The third-order valence-corrected chi connectivity index (χ3v) is 3.99. The molecule has 1 atom stereocenters. The second-order valence-electron chi connectivity index (χ2n) is 5.66. The van der Waals surface area contributed by atoms with E-state index in [2.05, 4.69) is 33.7 Å². The summed E-state index contributed by atoms with van der Waals surface area (Å²) in [7, 11) is 2.06. The molecule has 1 aliphatic rings. The Balaban J connectivity index is 1.87. The van der Waals surface area contributed by atoms with Crippen LogP contribution in [0.1, 0.15) is 25.3 Å². The molecular formula is C15H26N4O. The predicted octanol–water partition coefficient (Wildman–Crippen LogP) is 1.18. The summed E-state index contributed by atoms with van der Waals surface area (Å²) in [6.45, 7) is 6.32. The molecule has 0 saturated carbocycles. The van der Waals surface area contributed by atoms with E-state index in [0.29, 0.717) is 5.92 Å². The van der Waals surface area contributed by atoms with Crippen molar-refractivity contribution in [1.29, 1.82) is 0 Å². The van der Waals surface area contributed by atoms with Gasteiger partial charge in [-0.05, 0) is 37.3 Å². The van der Waals surface area contributed by atoms with Gasteiger partial charge in [-0.3, -0.25) is 0 Å². The number of aryl methyl sites for hydroxylation is 1. The number of nitrogens with zero attached hydrogens (tertiary/aromatic N) is 4. The number of likely N-dealkylation sites (tertiary alicyclic amines) is 1. The van der Waals surface area contributed by atoms with Gasteiger partial charge < -0.3 is 14.9 Å². The van der Waals surface area contributed by atoms with E-state index in [9.17, 15) is 0 Å². The van der Waals surface area contributed by atoms with Crippen LogP contribution in [-0.4, -0.2) is 59.8 Å². The van der Waals surface area contributed by atoms with Gasteiger partial charge in [0.25, 0.3) is 0 Å². The van der Waals surface area contributed by atoms with Gasteiger partial charge >= 0.3 is 0 Å².